The maximum absolute atomic E-state index is 12.1. The van der Waals surface area contributed by atoms with E-state index in [-0.39, 0.29) is 0 Å². The molecule has 1 aliphatic heterocycles. The molecule has 0 aliphatic carbocycles. The Balaban J connectivity index is 1.67. The van der Waals surface area contributed by atoms with Crippen molar-refractivity contribution in [3.8, 4) is 0 Å². The van der Waals surface area contributed by atoms with Gasteiger partial charge in [0.05, 0.1) is 0 Å². The highest BCUT2D eigenvalue weighted by Crippen LogP contribution is 2.37. The second kappa shape index (κ2) is 5.62. The number of rotatable bonds is 3. The smallest absolute Gasteiger partial charge is 0.165 e. The van der Waals surface area contributed by atoms with Crippen LogP contribution in [0.4, 0.5) is 0 Å². The molecule has 1 heterocycles. The van der Waals surface area contributed by atoms with Crippen LogP contribution in [0.2, 0.25) is 0 Å². The zero-order valence-electron chi connectivity index (χ0n) is 10.7. The minimum Gasteiger partial charge on any atom is -0.294 e. The summed E-state index contributed by atoms with van der Waals surface area (Å²) in [4.78, 5) is 13.2. The van der Waals surface area contributed by atoms with Gasteiger partial charge in [-0.05, 0) is 24.5 Å². The molecular formula is C17H16OS. The van der Waals surface area contributed by atoms with Gasteiger partial charge in [0.15, 0.2) is 5.78 Å². The van der Waals surface area contributed by atoms with Crippen molar-refractivity contribution in [3.05, 3.63) is 65.7 Å². The van der Waals surface area contributed by atoms with E-state index in [1.165, 1.54) is 5.56 Å². The van der Waals surface area contributed by atoms with Crippen molar-refractivity contribution in [1.82, 2.24) is 0 Å². The van der Waals surface area contributed by atoms with Crippen molar-refractivity contribution >= 4 is 17.5 Å². The topological polar surface area (TPSA) is 17.1 Å². The van der Waals surface area contributed by atoms with Gasteiger partial charge in [0.1, 0.15) is 0 Å². The highest BCUT2D eigenvalue weighted by Gasteiger charge is 2.24. The first kappa shape index (κ1) is 12.5. The molecule has 0 saturated carbocycles. The predicted molar refractivity (Wildman–Crippen MR) is 79.8 cm³/mol. The maximum atomic E-state index is 12.1. The third-order valence-corrected chi connectivity index (χ3v) is 4.84. The highest BCUT2D eigenvalue weighted by molar-refractivity contribution is 8.00. The Morgan fingerprint density at radius 3 is 2.58 bits per heavy atom. The van der Waals surface area contributed by atoms with E-state index in [1.54, 1.807) is 0 Å². The third kappa shape index (κ3) is 2.90. The summed E-state index contributed by atoms with van der Waals surface area (Å²) in [6.45, 7) is 0. The Morgan fingerprint density at radius 1 is 1.00 bits per heavy atom. The summed E-state index contributed by atoms with van der Waals surface area (Å²) in [6, 6.07) is 18.5. The molecule has 96 valence electrons. The Kier molecular flexibility index (Phi) is 3.69. The van der Waals surface area contributed by atoms with Crippen molar-refractivity contribution in [2.75, 3.05) is 0 Å². The molecule has 1 aliphatic rings. The number of fused-ring (bicyclic) bond motifs is 1. The van der Waals surface area contributed by atoms with E-state index >= 15 is 0 Å². The van der Waals surface area contributed by atoms with E-state index in [2.05, 4.69) is 30.3 Å². The summed E-state index contributed by atoms with van der Waals surface area (Å²) in [7, 11) is 0. The normalized spacial score (nSPS) is 18.1. The lowest BCUT2D eigenvalue weighted by Gasteiger charge is -2.22. The molecule has 1 atom stereocenters. The van der Waals surface area contributed by atoms with Crippen molar-refractivity contribution in [2.24, 2.45) is 0 Å². The van der Waals surface area contributed by atoms with E-state index in [4.69, 9.17) is 0 Å². The van der Waals surface area contributed by atoms with Crippen molar-refractivity contribution < 1.29 is 4.79 Å². The van der Waals surface area contributed by atoms with Crippen molar-refractivity contribution in [1.29, 1.82) is 0 Å². The molecule has 0 bridgehead atoms. The molecule has 0 N–H and O–H groups in total. The number of benzene rings is 2. The van der Waals surface area contributed by atoms with Gasteiger partial charge in [0.2, 0.25) is 0 Å². The Labute approximate surface area is 118 Å². The average molecular weight is 268 g/mol. The Bertz CT molecular complexity index is 577. The summed E-state index contributed by atoms with van der Waals surface area (Å²) in [6.07, 6.45) is 2.79. The van der Waals surface area contributed by atoms with Gasteiger partial charge in [-0.1, -0.05) is 48.5 Å². The Hall–Kier alpha value is -1.54. The largest absolute Gasteiger partial charge is 0.294 e. The van der Waals surface area contributed by atoms with Gasteiger partial charge >= 0.3 is 0 Å². The van der Waals surface area contributed by atoms with Gasteiger partial charge in [0, 0.05) is 22.1 Å². The molecule has 0 fully saturated rings. The zero-order valence-corrected chi connectivity index (χ0v) is 11.5. The maximum Gasteiger partial charge on any atom is 0.165 e. The predicted octanol–water partition coefficient (Wildman–Crippen LogP) is 4.37. The van der Waals surface area contributed by atoms with E-state index in [0.717, 1.165) is 23.3 Å². The van der Waals surface area contributed by atoms with E-state index in [1.807, 2.05) is 36.0 Å². The van der Waals surface area contributed by atoms with Crippen LogP contribution >= 0.6 is 11.8 Å². The lowest BCUT2D eigenvalue weighted by Crippen LogP contribution is -2.17. The summed E-state index contributed by atoms with van der Waals surface area (Å²) in [5.41, 5.74) is 2.26. The molecule has 2 heteroatoms. The summed E-state index contributed by atoms with van der Waals surface area (Å²) in [5, 5.41) is 0.419. The van der Waals surface area contributed by atoms with Crippen LogP contribution in [0.5, 0.6) is 0 Å². The van der Waals surface area contributed by atoms with Gasteiger partial charge in [0.25, 0.3) is 0 Å². The van der Waals surface area contributed by atoms with Crippen LogP contribution in [-0.4, -0.2) is 11.0 Å². The average Bonchev–Trinajstić information content (AvgIpc) is 2.46. The van der Waals surface area contributed by atoms with Crippen LogP contribution in [0.1, 0.15) is 28.8 Å². The zero-order chi connectivity index (χ0) is 13.1. The number of hydrogen-bond donors (Lipinski definition) is 0. The van der Waals surface area contributed by atoms with E-state index in [0.29, 0.717) is 17.5 Å². The molecule has 0 aromatic heterocycles. The number of thioether (sulfide) groups is 1. The monoisotopic (exact) mass is 268 g/mol. The van der Waals surface area contributed by atoms with Gasteiger partial charge in [-0.25, -0.2) is 0 Å². The van der Waals surface area contributed by atoms with Crippen molar-refractivity contribution in [3.63, 3.8) is 0 Å². The summed E-state index contributed by atoms with van der Waals surface area (Å²) < 4.78 is 0. The van der Waals surface area contributed by atoms with Gasteiger partial charge < -0.3 is 0 Å². The molecule has 1 unspecified atom stereocenters. The van der Waals surface area contributed by atoms with E-state index in [9.17, 15) is 4.79 Å². The molecule has 0 spiro atoms. The van der Waals surface area contributed by atoms with E-state index < -0.39 is 0 Å². The number of carbonyl (C=O) groups excluding carboxylic acids is 1. The lowest BCUT2D eigenvalue weighted by atomic mass is 10.0. The number of carbonyl (C=O) groups is 1. The fourth-order valence-corrected chi connectivity index (χ4v) is 3.77. The van der Waals surface area contributed by atoms with Gasteiger partial charge in [-0.15, -0.1) is 11.8 Å². The van der Waals surface area contributed by atoms with Gasteiger partial charge in [-0.2, -0.15) is 0 Å². The molecule has 0 radical (unpaired) electrons. The van der Waals surface area contributed by atoms with Crippen LogP contribution in [0.15, 0.2) is 59.5 Å². The van der Waals surface area contributed by atoms with Gasteiger partial charge in [-0.3, -0.25) is 4.79 Å². The van der Waals surface area contributed by atoms with Crippen LogP contribution in [-0.2, 0) is 6.42 Å². The SMILES string of the molecule is O=C1CC(CCc2ccccc2)Sc2ccccc21. The summed E-state index contributed by atoms with van der Waals surface area (Å²) in [5.74, 6) is 0.299. The molecule has 1 nitrogen and oxygen atoms in total. The summed E-state index contributed by atoms with van der Waals surface area (Å²) >= 11 is 1.86. The Morgan fingerprint density at radius 2 is 1.74 bits per heavy atom. The lowest BCUT2D eigenvalue weighted by molar-refractivity contribution is 0.0976. The van der Waals surface area contributed by atoms with Crippen LogP contribution in [0.3, 0.4) is 0 Å². The number of ketones is 1. The fraction of sp³-hybridized carbons (Fsp3) is 0.235. The third-order valence-electron chi connectivity index (χ3n) is 3.49. The first-order chi connectivity index (χ1) is 9.33. The standard InChI is InChI=1S/C17H16OS/c18-16-12-14(11-10-13-6-2-1-3-7-13)19-17-9-5-4-8-15(16)17/h1-9,14H,10-12H2. The van der Waals surface area contributed by atoms with Crippen LogP contribution in [0, 0.1) is 0 Å². The molecular weight excluding hydrogens is 252 g/mol. The molecule has 2 aromatic carbocycles. The second-order valence-electron chi connectivity index (χ2n) is 4.89. The van der Waals surface area contributed by atoms with Crippen LogP contribution < -0.4 is 0 Å². The van der Waals surface area contributed by atoms with Crippen LogP contribution in [0.25, 0.3) is 0 Å². The quantitative estimate of drug-likeness (QED) is 0.822. The minimum atomic E-state index is 0.299. The second-order valence-corrected chi connectivity index (χ2v) is 6.23. The first-order valence-corrected chi connectivity index (χ1v) is 7.54. The van der Waals surface area contributed by atoms with Crippen molar-refractivity contribution in [2.45, 2.75) is 29.4 Å². The fourth-order valence-electron chi connectivity index (χ4n) is 2.47. The first-order valence-electron chi connectivity index (χ1n) is 6.66. The molecule has 19 heavy (non-hydrogen) atoms. The molecule has 0 saturated heterocycles. The molecule has 2 aromatic rings. The molecule has 3 rings (SSSR count). The number of hydrogen-bond acceptors (Lipinski definition) is 2. The highest BCUT2D eigenvalue weighted by atomic mass is 32.2. The minimum absolute atomic E-state index is 0.299. The number of aryl methyl sites for hydroxylation is 1. The molecule has 0 amide bonds. The number of Topliss-reactive ketones (excluding diaryl/α,β-unsaturated/α-hetero) is 1.